The third-order valence-electron chi connectivity index (χ3n) is 2.64. The van der Waals surface area contributed by atoms with E-state index in [-0.39, 0.29) is 17.1 Å². The van der Waals surface area contributed by atoms with Crippen molar-refractivity contribution in [3.8, 4) is 11.1 Å². The first kappa shape index (κ1) is 14.0. The highest BCUT2D eigenvalue weighted by atomic mass is 19.4. The van der Waals surface area contributed by atoms with Crippen LogP contribution < -0.4 is 5.73 Å². The Balaban J connectivity index is 2.54. The molecule has 3 N–H and O–H groups in total. The largest absolute Gasteiger partial charge is 0.419 e. The van der Waals surface area contributed by atoms with Crippen molar-refractivity contribution in [1.29, 1.82) is 5.41 Å². The maximum absolute atomic E-state index is 13.2. The van der Waals surface area contributed by atoms with Gasteiger partial charge in [-0.15, -0.1) is 0 Å². The van der Waals surface area contributed by atoms with Crippen LogP contribution in [-0.4, -0.2) is 10.8 Å². The van der Waals surface area contributed by atoms with Gasteiger partial charge in [-0.05, 0) is 35.4 Å². The number of nitrogens with two attached hydrogens (primary N) is 1. The van der Waals surface area contributed by atoms with Crippen LogP contribution in [0.15, 0.2) is 36.5 Å². The number of nitrogens with zero attached hydrogens (tertiary/aromatic N) is 1. The van der Waals surface area contributed by atoms with Gasteiger partial charge < -0.3 is 5.73 Å². The molecule has 3 nitrogen and oxygen atoms in total. The van der Waals surface area contributed by atoms with Gasteiger partial charge in [0, 0.05) is 6.20 Å². The van der Waals surface area contributed by atoms with Crippen LogP contribution in [0.1, 0.15) is 11.3 Å². The molecule has 104 valence electrons. The van der Waals surface area contributed by atoms with Gasteiger partial charge in [-0.25, -0.2) is 4.39 Å². The minimum atomic E-state index is -4.77. The van der Waals surface area contributed by atoms with E-state index in [2.05, 4.69) is 4.98 Å². The van der Waals surface area contributed by atoms with Gasteiger partial charge in [0.05, 0.1) is 5.56 Å². The predicted octanol–water partition coefficient (Wildman–Crippen LogP) is 3.19. The van der Waals surface area contributed by atoms with E-state index in [1.807, 2.05) is 0 Å². The normalized spacial score (nSPS) is 11.4. The van der Waals surface area contributed by atoms with E-state index in [4.69, 9.17) is 11.1 Å². The zero-order valence-corrected chi connectivity index (χ0v) is 10.0. The Labute approximate surface area is 111 Å². The van der Waals surface area contributed by atoms with Crippen molar-refractivity contribution < 1.29 is 17.6 Å². The van der Waals surface area contributed by atoms with Crippen molar-refractivity contribution in [3.05, 3.63) is 53.6 Å². The zero-order chi connectivity index (χ0) is 14.9. The van der Waals surface area contributed by atoms with Crippen LogP contribution >= 0.6 is 0 Å². The van der Waals surface area contributed by atoms with E-state index in [0.29, 0.717) is 11.6 Å². The molecule has 2 rings (SSSR count). The minimum absolute atomic E-state index is 0.139. The lowest BCUT2D eigenvalue weighted by Gasteiger charge is -2.10. The first-order chi connectivity index (χ1) is 9.29. The molecule has 0 atom stereocenters. The van der Waals surface area contributed by atoms with Crippen molar-refractivity contribution >= 4 is 5.84 Å². The topological polar surface area (TPSA) is 62.8 Å². The van der Waals surface area contributed by atoms with Gasteiger partial charge in [0.1, 0.15) is 17.3 Å². The number of pyridine rings is 1. The Morgan fingerprint density at radius 3 is 2.35 bits per heavy atom. The van der Waals surface area contributed by atoms with Crippen LogP contribution in [0.25, 0.3) is 11.1 Å². The molecule has 0 spiro atoms. The van der Waals surface area contributed by atoms with Gasteiger partial charge in [0.15, 0.2) is 0 Å². The molecule has 0 radical (unpaired) electrons. The van der Waals surface area contributed by atoms with Gasteiger partial charge in [-0.3, -0.25) is 10.4 Å². The zero-order valence-electron chi connectivity index (χ0n) is 10.0. The third kappa shape index (κ3) is 2.76. The summed E-state index contributed by atoms with van der Waals surface area (Å²) in [5.74, 6) is -1.63. The molecule has 1 aromatic heterocycles. The number of rotatable bonds is 2. The number of aromatic nitrogens is 1. The van der Waals surface area contributed by atoms with E-state index >= 15 is 0 Å². The number of hydrogen-bond acceptors (Lipinski definition) is 2. The van der Waals surface area contributed by atoms with E-state index in [9.17, 15) is 17.6 Å². The molecule has 0 fully saturated rings. The van der Waals surface area contributed by atoms with Crippen molar-refractivity contribution in [2.75, 3.05) is 0 Å². The van der Waals surface area contributed by atoms with Crippen LogP contribution in [0.4, 0.5) is 17.6 Å². The molecule has 0 saturated carbocycles. The fourth-order valence-corrected chi connectivity index (χ4v) is 1.68. The van der Waals surface area contributed by atoms with E-state index in [0.717, 1.165) is 6.07 Å². The molecule has 0 unspecified atom stereocenters. The third-order valence-corrected chi connectivity index (χ3v) is 2.64. The standard InChI is InChI=1S/C13H9F4N3/c14-10-2-1-7(5-9(10)13(15,16)17)8-3-4-20-11(6-8)12(18)19/h1-6H,(H3,18,19). The van der Waals surface area contributed by atoms with Crippen molar-refractivity contribution in [1.82, 2.24) is 4.98 Å². The molecule has 0 saturated heterocycles. The number of nitrogen functional groups attached to an aromatic ring is 1. The highest BCUT2D eigenvalue weighted by molar-refractivity contribution is 5.94. The second-order valence-corrected chi connectivity index (χ2v) is 4.04. The van der Waals surface area contributed by atoms with E-state index in [1.165, 1.54) is 24.4 Å². The average Bonchev–Trinajstić information content (AvgIpc) is 2.38. The summed E-state index contributed by atoms with van der Waals surface area (Å²) < 4.78 is 51.1. The van der Waals surface area contributed by atoms with Crippen molar-refractivity contribution in [2.24, 2.45) is 5.73 Å². The molecular weight excluding hydrogens is 274 g/mol. The minimum Gasteiger partial charge on any atom is -0.382 e. The lowest BCUT2D eigenvalue weighted by Crippen LogP contribution is -2.13. The molecule has 20 heavy (non-hydrogen) atoms. The van der Waals surface area contributed by atoms with Crippen LogP contribution in [-0.2, 0) is 6.18 Å². The molecule has 0 aliphatic heterocycles. The van der Waals surface area contributed by atoms with Gasteiger partial charge in [0.25, 0.3) is 0 Å². The van der Waals surface area contributed by atoms with Gasteiger partial charge in [0.2, 0.25) is 0 Å². The fraction of sp³-hybridized carbons (Fsp3) is 0.0769. The molecule has 0 amide bonds. The molecule has 7 heteroatoms. The molecule has 0 bridgehead atoms. The monoisotopic (exact) mass is 283 g/mol. The Morgan fingerprint density at radius 2 is 1.75 bits per heavy atom. The Morgan fingerprint density at radius 1 is 1.10 bits per heavy atom. The van der Waals surface area contributed by atoms with Crippen molar-refractivity contribution in [2.45, 2.75) is 6.18 Å². The summed E-state index contributed by atoms with van der Waals surface area (Å²) in [6.45, 7) is 0. The summed E-state index contributed by atoms with van der Waals surface area (Å²) in [6.07, 6.45) is -3.45. The Bertz CT molecular complexity index is 665. The molecule has 2 aromatic rings. The highest BCUT2D eigenvalue weighted by Crippen LogP contribution is 2.34. The second kappa shape index (κ2) is 4.92. The first-order valence-corrected chi connectivity index (χ1v) is 5.46. The molecule has 1 heterocycles. The Hall–Kier alpha value is -2.44. The molecule has 0 aliphatic rings. The fourth-order valence-electron chi connectivity index (χ4n) is 1.68. The maximum Gasteiger partial charge on any atom is 0.419 e. The highest BCUT2D eigenvalue weighted by Gasteiger charge is 2.34. The second-order valence-electron chi connectivity index (χ2n) is 4.04. The quantitative estimate of drug-likeness (QED) is 0.505. The number of alkyl halides is 3. The summed E-state index contributed by atoms with van der Waals surface area (Å²) in [6, 6.07) is 5.53. The van der Waals surface area contributed by atoms with Crippen molar-refractivity contribution in [3.63, 3.8) is 0 Å². The van der Waals surface area contributed by atoms with Crippen LogP contribution in [0.5, 0.6) is 0 Å². The molecular formula is C13H9F4N3. The number of hydrogen-bond donors (Lipinski definition) is 2. The maximum atomic E-state index is 13.2. The summed E-state index contributed by atoms with van der Waals surface area (Å²) in [4.78, 5) is 3.81. The van der Waals surface area contributed by atoms with Crippen LogP contribution in [0.3, 0.4) is 0 Å². The number of nitrogens with one attached hydrogen (secondary N) is 1. The summed E-state index contributed by atoms with van der Waals surface area (Å²) in [7, 11) is 0. The number of benzene rings is 1. The van der Waals surface area contributed by atoms with Gasteiger partial charge >= 0.3 is 6.18 Å². The van der Waals surface area contributed by atoms with Crippen LogP contribution in [0, 0.1) is 11.2 Å². The Kier molecular flexibility index (Phi) is 3.44. The van der Waals surface area contributed by atoms with E-state index < -0.39 is 17.6 Å². The number of halogens is 4. The number of amidine groups is 1. The summed E-state index contributed by atoms with van der Waals surface area (Å²) in [5, 5.41) is 7.25. The molecule has 0 aliphatic carbocycles. The lowest BCUT2D eigenvalue weighted by molar-refractivity contribution is -0.139. The smallest absolute Gasteiger partial charge is 0.382 e. The van der Waals surface area contributed by atoms with E-state index in [1.54, 1.807) is 0 Å². The predicted molar refractivity (Wildman–Crippen MR) is 65.6 cm³/mol. The summed E-state index contributed by atoms with van der Waals surface area (Å²) >= 11 is 0. The first-order valence-electron chi connectivity index (χ1n) is 5.46. The SMILES string of the molecule is N=C(N)c1cc(-c2ccc(F)c(C(F)(F)F)c2)ccn1. The van der Waals surface area contributed by atoms with Gasteiger partial charge in [-0.1, -0.05) is 6.07 Å². The summed E-state index contributed by atoms with van der Waals surface area (Å²) in [5.41, 5.74) is 4.61. The molecule has 1 aromatic carbocycles. The van der Waals surface area contributed by atoms with Gasteiger partial charge in [-0.2, -0.15) is 13.2 Å². The van der Waals surface area contributed by atoms with Crippen LogP contribution in [0.2, 0.25) is 0 Å². The lowest BCUT2D eigenvalue weighted by atomic mass is 10.0. The average molecular weight is 283 g/mol.